The highest BCUT2D eigenvalue weighted by atomic mass is 15.1. The average molecular weight is 332 g/mol. The van der Waals surface area contributed by atoms with E-state index in [2.05, 4.69) is 62.9 Å². The molecule has 1 aromatic rings. The highest BCUT2D eigenvalue weighted by Crippen LogP contribution is 2.13. The van der Waals surface area contributed by atoms with Gasteiger partial charge in [0, 0.05) is 6.54 Å². The van der Waals surface area contributed by atoms with Crippen LogP contribution < -0.4 is 0 Å². The van der Waals surface area contributed by atoms with Crippen LogP contribution in [-0.4, -0.2) is 18.0 Å². The van der Waals surface area contributed by atoms with Crippen LogP contribution in [-0.2, 0) is 6.54 Å². The van der Waals surface area contributed by atoms with E-state index in [1.165, 1.54) is 70.0 Å². The quantitative estimate of drug-likeness (QED) is 0.334. The third kappa shape index (κ3) is 11.7. The molecule has 1 rings (SSSR count). The summed E-state index contributed by atoms with van der Waals surface area (Å²) < 4.78 is 0. The predicted octanol–water partition coefficient (Wildman–Crippen LogP) is 6.92. The predicted molar refractivity (Wildman–Crippen MR) is 108 cm³/mol. The summed E-state index contributed by atoms with van der Waals surface area (Å²) in [7, 11) is 0. The third-order valence-electron chi connectivity index (χ3n) is 4.76. The number of hydrogen-bond acceptors (Lipinski definition) is 1. The normalized spacial score (nSPS) is 11.8. The number of unbranched alkanes of at least 4 members (excludes halogenated alkanes) is 4. The Labute approximate surface area is 151 Å². The van der Waals surface area contributed by atoms with Gasteiger partial charge in [-0.3, -0.25) is 4.90 Å². The van der Waals surface area contributed by atoms with Gasteiger partial charge in [0.2, 0.25) is 0 Å². The highest BCUT2D eigenvalue weighted by molar-refractivity contribution is 5.14. The smallest absolute Gasteiger partial charge is 0.0233 e. The van der Waals surface area contributed by atoms with E-state index in [-0.39, 0.29) is 0 Å². The number of nitrogens with zero attached hydrogens (tertiary/aromatic N) is 1. The first kappa shape index (κ1) is 21.2. The van der Waals surface area contributed by atoms with Crippen molar-refractivity contribution in [1.29, 1.82) is 0 Å². The minimum absolute atomic E-state index is 0.853. The van der Waals surface area contributed by atoms with Gasteiger partial charge in [0.15, 0.2) is 0 Å². The van der Waals surface area contributed by atoms with Crippen molar-refractivity contribution >= 4 is 0 Å². The second kappa shape index (κ2) is 13.5. The number of hydrogen-bond donors (Lipinski definition) is 0. The van der Waals surface area contributed by atoms with Crippen LogP contribution >= 0.6 is 0 Å². The molecule has 0 saturated carbocycles. The van der Waals surface area contributed by atoms with Gasteiger partial charge < -0.3 is 0 Å². The number of rotatable bonds is 14. The van der Waals surface area contributed by atoms with Gasteiger partial charge in [-0.2, -0.15) is 0 Å². The van der Waals surface area contributed by atoms with Gasteiger partial charge >= 0.3 is 0 Å². The van der Waals surface area contributed by atoms with Gasteiger partial charge in [-0.25, -0.2) is 0 Å². The Morgan fingerprint density at radius 2 is 1.17 bits per heavy atom. The van der Waals surface area contributed by atoms with Crippen molar-refractivity contribution < 1.29 is 0 Å². The first-order valence-corrected chi connectivity index (χ1v) is 10.3. The lowest BCUT2D eigenvalue weighted by molar-refractivity contribution is 0.251. The molecule has 0 aliphatic carbocycles. The summed E-state index contributed by atoms with van der Waals surface area (Å²) in [5.74, 6) is 1.71. The van der Waals surface area contributed by atoms with Crippen molar-refractivity contribution in [1.82, 2.24) is 4.90 Å². The first-order valence-electron chi connectivity index (χ1n) is 10.3. The van der Waals surface area contributed by atoms with Crippen molar-refractivity contribution in [2.45, 2.75) is 85.6 Å². The monoisotopic (exact) mass is 331 g/mol. The van der Waals surface area contributed by atoms with Crippen molar-refractivity contribution in [3.8, 4) is 0 Å². The third-order valence-corrected chi connectivity index (χ3v) is 4.76. The van der Waals surface area contributed by atoms with Crippen LogP contribution in [0.2, 0.25) is 0 Å². The van der Waals surface area contributed by atoms with Crippen LogP contribution in [0.1, 0.15) is 84.6 Å². The minimum atomic E-state index is 0.853. The summed E-state index contributed by atoms with van der Waals surface area (Å²) in [5, 5.41) is 0. The maximum Gasteiger partial charge on any atom is 0.0233 e. The van der Waals surface area contributed by atoms with Crippen LogP contribution in [0, 0.1) is 11.8 Å². The molecule has 0 radical (unpaired) electrons. The van der Waals surface area contributed by atoms with Crippen LogP contribution in [0.15, 0.2) is 30.3 Å². The maximum absolute atomic E-state index is 2.68. The topological polar surface area (TPSA) is 3.24 Å². The molecule has 0 aliphatic heterocycles. The van der Waals surface area contributed by atoms with Crippen LogP contribution in [0.3, 0.4) is 0 Å². The second-order valence-corrected chi connectivity index (χ2v) is 8.25. The van der Waals surface area contributed by atoms with Crippen molar-refractivity contribution in [3.63, 3.8) is 0 Å². The van der Waals surface area contributed by atoms with Gasteiger partial charge in [-0.05, 0) is 43.3 Å². The van der Waals surface area contributed by atoms with Crippen molar-refractivity contribution in [2.75, 3.05) is 13.1 Å². The molecule has 0 bridgehead atoms. The molecular weight excluding hydrogens is 290 g/mol. The molecule has 1 nitrogen and oxygen atoms in total. The molecule has 0 fully saturated rings. The lowest BCUT2D eigenvalue weighted by atomic mass is 10.0. The summed E-state index contributed by atoms with van der Waals surface area (Å²) >= 11 is 0. The van der Waals surface area contributed by atoms with E-state index in [1.807, 2.05) is 0 Å². The molecule has 0 N–H and O–H groups in total. The summed E-state index contributed by atoms with van der Waals surface area (Å²) in [6.45, 7) is 13.0. The molecule has 0 heterocycles. The molecule has 1 aromatic carbocycles. The fraction of sp³-hybridized carbons (Fsp3) is 0.739. The molecule has 0 unspecified atom stereocenters. The molecule has 24 heavy (non-hydrogen) atoms. The van der Waals surface area contributed by atoms with Crippen LogP contribution in [0.5, 0.6) is 0 Å². The van der Waals surface area contributed by atoms with Gasteiger partial charge in [0.25, 0.3) is 0 Å². The molecule has 0 atom stereocenters. The highest BCUT2D eigenvalue weighted by Gasteiger charge is 2.06. The van der Waals surface area contributed by atoms with Gasteiger partial charge in [-0.15, -0.1) is 0 Å². The molecule has 138 valence electrons. The molecule has 0 amide bonds. The Kier molecular flexibility index (Phi) is 11.9. The maximum atomic E-state index is 2.68. The zero-order valence-electron chi connectivity index (χ0n) is 16.8. The Hall–Kier alpha value is -0.820. The Morgan fingerprint density at radius 1 is 0.667 bits per heavy atom. The lowest BCUT2D eigenvalue weighted by Gasteiger charge is -2.22. The number of benzene rings is 1. The Morgan fingerprint density at radius 3 is 1.62 bits per heavy atom. The molecule has 0 spiro atoms. The molecule has 0 saturated heterocycles. The zero-order chi connectivity index (χ0) is 17.6. The van der Waals surface area contributed by atoms with Gasteiger partial charge in [-0.1, -0.05) is 96.6 Å². The van der Waals surface area contributed by atoms with Crippen LogP contribution in [0.25, 0.3) is 0 Å². The van der Waals surface area contributed by atoms with Crippen molar-refractivity contribution in [2.24, 2.45) is 11.8 Å². The van der Waals surface area contributed by atoms with Crippen molar-refractivity contribution in [3.05, 3.63) is 35.9 Å². The van der Waals surface area contributed by atoms with E-state index < -0.39 is 0 Å². The molecular formula is C23H41N. The van der Waals surface area contributed by atoms with E-state index in [4.69, 9.17) is 0 Å². The second-order valence-electron chi connectivity index (χ2n) is 8.25. The standard InChI is InChI=1S/C23H41N/c1-21(2)14-8-6-12-18-24(19-13-7-9-15-22(3)4)20-23-16-10-5-11-17-23/h5,10-11,16-17,21-22H,6-9,12-15,18-20H2,1-4H3. The summed E-state index contributed by atoms with van der Waals surface area (Å²) in [6.07, 6.45) is 11.0. The Bertz CT molecular complexity index is 364. The van der Waals surface area contributed by atoms with E-state index >= 15 is 0 Å². The fourth-order valence-electron chi connectivity index (χ4n) is 3.24. The van der Waals surface area contributed by atoms with Gasteiger partial charge in [0.05, 0.1) is 0 Å². The van der Waals surface area contributed by atoms with E-state index in [1.54, 1.807) is 0 Å². The lowest BCUT2D eigenvalue weighted by Crippen LogP contribution is -2.25. The average Bonchev–Trinajstić information content (AvgIpc) is 2.54. The fourth-order valence-corrected chi connectivity index (χ4v) is 3.24. The van der Waals surface area contributed by atoms with Crippen LogP contribution in [0.4, 0.5) is 0 Å². The SMILES string of the molecule is CC(C)CCCCCN(CCCCCC(C)C)Cc1ccccc1. The van der Waals surface area contributed by atoms with Gasteiger partial charge in [0.1, 0.15) is 0 Å². The largest absolute Gasteiger partial charge is 0.299 e. The summed E-state index contributed by atoms with van der Waals surface area (Å²) in [6, 6.07) is 11.0. The molecule has 0 aromatic heterocycles. The molecule has 0 aliphatic rings. The zero-order valence-corrected chi connectivity index (χ0v) is 16.8. The van der Waals surface area contributed by atoms with E-state index in [0.29, 0.717) is 0 Å². The van der Waals surface area contributed by atoms with E-state index in [9.17, 15) is 0 Å². The molecule has 1 heteroatoms. The summed E-state index contributed by atoms with van der Waals surface area (Å²) in [4.78, 5) is 2.68. The first-order chi connectivity index (χ1) is 11.6. The summed E-state index contributed by atoms with van der Waals surface area (Å²) in [5.41, 5.74) is 1.46. The van der Waals surface area contributed by atoms with E-state index in [0.717, 1.165) is 18.4 Å². The Balaban J connectivity index is 2.29. The minimum Gasteiger partial charge on any atom is -0.299 e.